The average molecular weight is 347 g/mol. The molecule has 2 aromatic carbocycles. The van der Waals surface area contributed by atoms with Crippen LogP contribution in [0.4, 0.5) is 0 Å². The lowest BCUT2D eigenvalue weighted by Crippen LogP contribution is -2.37. The fourth-order valence-corrected chi connectivity index (χ4v) is 2.35. The second-order valence-electron chi connectivity index (χ2n) is 5.26. The first-order valence-corrected chi connectivity index (χ1v) is 7.78. The maximum absolute atomic E-state index is 12.1. The molecule has 0 atom stereocenters. The third-order valence-electron chi connectivity index (χ3n) is 3.52. The van der Waals surface area contributed by atoms with Crippen molar-refractivity contribution in [2.75, 3.05) is 20.7 Å². The Morgan fingerprint density at radius 3 is 2.42 bits per heavy atom. The summed E-state index contributed by atoms with van der Waals surface area (Å²) in [6.45, 7) is 0.363. The van der Waals surface area contributed by atoms with Gasteiger partial charge in [-0.1, -0.05) is 35.9 Å². The zero-order valence-corrected chi connectivity index (χ0v) is 14.3. The van der Waals surface area contributed by atoms with Gasteiger partial charge in [0.25, 0.3) is 5.91 Å². The minimum Gasteiger partial charge on any atom is -0.497 e. The molecule has 0 bridgehead atoms. The van der Waals surface area contributed by atoms with E-state index in [1.807, 2.05) is 24.3 Å². The number of carbonyl (C=O) groups is 2. The highest BCUT2D eigenvalue weighted by Gasteiger charge is 2.13. The highest BCUT2D eigenvalue weighted by molar-refractivity contribution is 6.33. The summed E-state index contributed by atoms with van der Waals surface area (Å²) in [6.07, 6.45) is 0. The van der Waals surface area contributed by atoms with Crippen molar-refractivity contribution in [1.82, 2.24) is 10.2 Å². The molecule has 2 amide bonds. The summed E-state index contributed by atoms with van der Waals surface area (Å²) in [5, 5.41) is 2.95. The van der Waals surface area contributed by atoms with Gasteiger partial charge in [-0.25, -0.2) is 0 Å². The number of ether oxygens (including phenoxy) is 1. The van der Waals surface area contributed by atoms with E-state index in [0.29, 0.717) is 17.1 Å². The minimum atomic E-state index is -0.369. The predicted molar refractivity (Wildman–Crippen MR) is 93.3 cm³/mol. The SMILES string of the molecule is COc1ccc(CN(C)C(=O)CNC(=O)c2ccccc2Cl)cc1. The van der Waals surface area contributed by atoms with Crippen molar-refractivity contribution in [3.63, 3.8) is 0 Å². The lowest BCUT2D eigenvalue weighted by molar-refractivity contribution is -0.129. The van der Waals surface area contributed by atoms with Crippen molar-refractivity contribution in [3.05, 3.63) is 64.7 Å². The summed E-state index contributed by atoms with van der Waals surface area (Å²) in [5.41, 5.74) is 1.33. The molecule has 0 unspecified atom stereocenters. The quantitative estimate of drug-likeness (QED) is 0.875. The number of methoxy groups -OCH3 is 1. The second kappa shape index (κ2) is 8.36. The van der Waals surface area contributed by atoms with Crippen LogP contribution in [0.2, 0.25) is 5.02 Å². The van der Waals surface area contributed by atoms with Crippen molar-refractivity contribution >= 4 is 23.4 Å². The van der Waals surface area contributed by atoms with Gasteiger partial charge in [-0.2, -0.15) is 0 Å². The van der Waals surface area contributed by atoms with Crippen LogP contribution in [0, 0.1) is 0 Å². The molecular weight excluding hydrogens is 328 g/mol. The molecule has 0 aliphatic carbocycles. The third kappa shape index (κ3) is 4.73. The van der Waals surface area contributed by atoms with Gasteiger partial charge in [0.15, 0.2) is 0 Å². The Labute approximate surface area is 146 Å². The van der Waals surface area contributed by atoms with Crippen LogP contribution in [0.5, 0.6) is 5.75 Å². The van der Waals surface area contributed by atoms with E-state index >= 15 is 0 Å². The molecule has 0 radical (unpaired) electrons. The van der Waals surface area contributed by atoms with Crippen LogP contribution in [0.25, 0.3) is 0 Å². The van der Waals surface area contributed by atoms with Gasteiger partial charge in [-0.3, -0.25) is 9.59 Å². The molecule has 0 aromatic heterocycles. The maximum Gasteiger partial charge on any atom is 0.253 e. The first-order valence-electron chi connectivity index (χ1n) is 7.41. The Kier molecular flexibility index (Phi) is 6.21. The highest BCUT2D eigenvalue weighted by Crippen LogP contribution is 2.14. The molecule has 0 aliphatic heterocycles. The molecule has 0 saturated carbocycles. The molecule has 126 valence electrons. The summed E-state index contributed by atoms with van der Waals surface area (Å²) < 4.78 is 5.10. The fraction of sp³-hybridized carbons (Fsp3) is 0.222. The fourth-order valence-electron chi connectivity index (χ4n) is 2.12. The van der Waals surface area contributed by atoms with E-state index < -0.39 is 0 Å². The zero-order valence-electron chi connectivity index (χ0n) is 13.6. The van der Waals surface area contributed by atoms with Gasteiger partial charge in [-0.05, 0) is 29.8 Å². The summed E-state index contributed by atoms with van der Waals surface area (Å²) in [4.78, 5) is 25.7. The first-order chi connectivity index (χ1) is 11.5. The van der Waals surface area contributed by atoms with Gasteiger partial charge in [-0.15, -0.1) is 0 Å². The second-order valence-corrected chi connectivity index (χ2v) is 5.67. The van der Waals surface area contributed by atoms with Crippen LogP contribution in [-0.2, 0) is 11.3 Å². The van der Waals surface area contributed by atoms with Crippen LogP contribution in [0.15, 0.2) is 48.5 Å². The van der Waals surface area contributed by atoms with E-state index in [4.69, 9.17) is 16.3 Å². The molecule has 0 heterocycles. The molecule has 1 N–H and O–H groups in total. The molecule has 0 saturated heterocycles. The van der Waals surface area contributed by atoms with Gasteiger partial charge in [0, 0.05) is 13.6 Å². The number of nitrogens with zero attached hydrogens (tertiary/aromatic N) is 1. The molecule has 2 aromatic rings. The monoisotopic (exact) mass is 346 g/mol. The van der Waals surface area contributed by atoms with Gasteiger partial charge in [0.1, 0.15) is 5.75 Å². The van der Waals surface area contributed by atoms with Gasteiger partial charge >= 0.3 is 0 Å². The molecule has 5 nitrogen and oxygen atoms in total. The molecule has 6 heteroatoms. The average Bonchev–Trinajstić information content (AvgIpc) is 2.60. The van der Waals surface area contributed by atoms with Crippen molar-refractivity contribution in [3.8, 4) is 5.75 Å². The highest BCUT2D eigenvalue weighted by atomic mass is 35.5. The summed E-state index contributed by atoms with van der Waals surface area (Å²) in [6, 6.07) is 14.2. The van der Waals surface area contributed by atoms with E-state index in [0.717, 1.165) is 11.3 Å². The number of hydrogen-bond acceptors (Lipinski definition) is 3. The molecule has 0 fully saturated rings. The van der Waals surface area contributed by atoms with Gasteiger partial charge in [0.05, 0.1) is 24.2 Å². The van der Waals surface area contributed by atoms with Crippen LogP contribution >= 0.6 is 11.6 Å². The lowest BCUT2D eigenvalue weighted by atomic mass is 10.2. The normalized spacial score (nSPS) is 10.1. The number of likely N-dealkylation sites (N-methyl/N-ethyl adjacent to an activating group) is 1. The Hall–Kier alpha value is -2.53. The van der Waals surface area contributed by atoms with Crippen molar-refractivity contribution < 1.29 is 14.3 Å². The Bertz CT molecular complexity index is 716. The molecule has 0 spiro atoms. The van der Waals surface area contributed by atoms with Crippen molar-refractivity contribution in [1.29, 1.82) is 0 Å². The van der Waals surface area contributed by atoms with Crippen molar-refractivity contribution in [2.45, 2.75) is 6.54 Å². The maximum atomic E-state index is 12.1. The Morgan fingerprint density at radius 1 is 1.12 bits per heavy atom. The number of carbonyl (C=O) groups excluding carboxylic acids is 2. The summed E-state index contributed by atoms with van der Waals surface area (Å²) in [5.74, 6) is 0.206. The van der Waals surface area contributed by atoms with E-state index in [1.165, 1.54) is 0 Å². The summed E-state index contributed by atoms with van der Waals surface area (Å²) in [7, 11) is 3.29. The van der Waals surface area contributed by atoms with Gasteiger partial charge < -0.3 is 15.0 Å². The van der Waals surface area contributed by atoms with Crippen LogP contribution < -0.4 is 10.1 Å². The third-order valence-corrected chi connectivity index (χ3v) is 3.85. The standard InChI is InChI=1S/C18H19ClN2O3/c1-21(12-13-7-9-14(24-2)10-8-13)17(22)11-20-18(23)15-5-3-4-6-16(15)19/h3-10H,11-12H2,1-2H3,(H,20,23). The largest absolute Gasteiger partial charge is 0.497 e. The predicted octanol–water partition coefficient (Wildman–Crippen LogP) is 2.74. The first kappa shape index (κ1) is 17.8. The smallest absolute Gasteiger partial charge is 0.253 e. The number of halogens is 1. The Balaban J connectivity index is 1.87. The minimum absolute atomic E-state index is 0.0866. The number of hydrogen-bond donors (Lipinski definition) is 1. The number of benzene rings is 2. The molecule has 0 aliphatic rings. The van der Waals surface area contributed by atoms with E-state index in [-0.39, 0.29) is 18.4 Å². The molecular formula is C18H19ClN2O3. The van der Waals surface area contributed by atoms with Crippen molar-refractivity contribution in [2.24, 2.45) is 0 Å². The molecule has 24 heavy (non-hydrogen) atoms. The topological polar surface area (TPSA) is 58.6 Å². The van der Waals surface area contributed by atoms with E-state index in [1.54, 1.807) is 43.3 Å². The Morgan fingerprint density at radius 2 is 1.79 bits per heavy atom. The number of nitrogens with one attached hydrogen (secondary N) is 1. The van der Waals surface area contributed by atoms with Crippen LogP contribution in [-0.4, -0.2) is 37.4 Å². The van der Waals surface area contributed by atoms with E-state index in [9.17, 15) is 9.59 Å². The van der Waals surface area contributed by atoms with Crippen LogP contribution in [0.3, 0.4) is 0 Å². The summed E-state index contributed by atoms with van der Waals surface area (Å²) >= 11 is 5.96. The number of amides is 2. The number of rotatable bonds is 6. The van der Waals surface area contributed by atoms with E-state index in [2.05, 4.69) is 5.32 Å². The zero-order chi connectivity index (χ0) is 17.5. The van der Waals surface area contributed by atoms with Crippen LogP contribution in [0.1, 0.15) is 15.9 Å². The van der Waals surface area contributed by atoms with Gasteiger partial charge in [0.2, 0.25) is 5.91 Å². The molecule has 2 rings (SSSR count). The lowest BCUT2D eigenvalue weighted by Gasteiger charge is -2.18.